The number of anilines is 1. The minimum absolute atomic E-state index is 0.0970. The van der Waals surface area contributed by atoms with Crippen molar-refractivity contribution in [1.82, 2.24) is 4.31 Å². The van der Waals surface area contributed by atoms with Crippen molar-refractivity contribution >= 4 is 15.7 Å². The topological polar surface area (TPSA) is 72.6 Å². The predicted molar refractivity (Wildman–Crippen MR) is 79.0 cm³/mol. The highest BCUT2D eigenvalue weighted by atomic mass is 32.2. The van der Waals surface area contributed by atoms with Crippen LogP contribution in [0.15, 0.2) is 17.0 Å². The van der Waals surface area contributed by atoms with E-state index in [0.717, 1.165) is 18.9 Å². The van der Waals surface area contributed by atoms with Crippen LogP contribution in [-0.4, -0.2) is 38.5 Å². The number of sulfonamides is 1. The van der Waals surface area contributed by atoms with E-state index in [2.05, 4.69) is 0 Å². The van der Waals surface area contributed by atoms with E-state index in [1.165, 1.54) is 17.3 Å². The molecule has 0 radical (unpaired) electrons. The van der Waals surface area contributed by atoms with Gasteiger partial charge in [-0.1, -0.05) is 0 Å². The van der Waals surface area contributed by atoms with Crippen molar-refractivity contribution in [3.63, 3.8) is 0 Å². The van der Waals surface area contributed by atoms with Crippen LogP contribution in [0.2, 0.25) is 0 Å². The van der Waals surface area contributed by atoms with Gasteiger partial charge in [0.05, 0.1) is 11.0 Å². The van der Waals surface area contributed by atoms with Crippen LogP contribution in [-0.2, 0) is 14.8 Å². The van der Waals surface area contributed by atoms with Crippen molar-refractivity contribution < 1.29 is 17.5 Å². The summed E-state index contributed by atoms with van der Waals surface area (Å²) in [5.74, 6) is -0.605. The highest BCUT2D eigenvalue weighted by Gasteiger charge is 2.31. The summed E-state index contributed by atoms with van der Waals surface area (Å²) in [6.45, 7) is 4.66. The number of piperidine rings is 1. The van der Waals surface area contributed by atoms with Crippen LogP contribution in [0.3, 0.4) is 0 Å². The third-order valence-electron chi connectivity index (χ3n) is 3.74. The Labute approximate surface area is 124 Å². The summed E-state index contributed by atoms with van der Waals surface area (Å²) in [7, 11) is -3.74. The molecule has 0 aromatic heterocycles. The number of rotatable bonds is 4. The summed E-state index contributed by atoms with van der Waals surface area (Å²) in [4.78, 5) is -0.0970. The maximum absolute atomic E-state index is 13.7. The zero-order valence-corrected chi connectivity index (χ0v) is 13.1. The number of nitrogen functional groups attached to an aromatic ring is 1. The number of ether oxygens (including phenoxy) is 1. The lowest BCUT2D eigenvalue weighted by molar-refractivity contribution is 0.0265. The molecule has 0 aliphatic carbocycles. The molecule has 1 unspecified atom stereocenters. The third-order valence-corrected chi connectivity index (χ3v) is 5.58. The van der Waals surface area contributed by atoms with E-state index in [1.807, 2.05) is 6.92 Å². The van der Waals surface area contributed by atoms with Crippen LogP contribution in [0.5, 0.6) is 0 Å². The first-order valence-corrected chi connectivity index (χ1v) is 8.47. The Kier molecular flexibility index (Phi) is 4.85. The Morgan fingerprint density at radius 2 is 2.19 bits per heavy atom. The van der Waals surface area contributed by atoms with Gasteiger partial charge in [0.2, 0.25) is 10.0 Å². The Hall–Kier alpha value is -1.18. The molecule has 0 bridgehead atoms. The number of halogens is 1. The van der Waals surface area contributed by atoms with E-state index in [4.69, 9.17) is 10.5 Å². The lowest BCUT2D eigenvalue weighted by Crippen LogP contribution is -2.43. The van der Waals surface area contributed by atoms with Gasteiger partial charge < -0.3 is 10.5 Å². The number of nitrogens with two attached hydrogens (primary N) is 1. The standard InChI is InChI=1S/C14H21FN2O3S/c1-3-20-11-5-4-6-17(9-11)21(18,19)12-7-13(15)10(2)14(16)8-12/h7-8,11H,3-6,9,16H2,1-2H3. The molecule has 7 heteroatoms. The highest BCUT2D eigenvalue weighted by molar-refractivity contribution is 7.89. The van der Waals surface area contributed by atoms with Crippen molar-refractivity contribution in [2.24, 2.45) is 0 Å². The second-order valence-corrected chi connectivity index (χ2v) is 7.14. The normalized spacial score (nSPS) is 20.6. The molecule has 2 N–H and O–H groups in total. The van der Waals surface area contributed by atoms with Gasteiger partial charge in [-0.3, -0.25) is 0 Å². The number of hydrogen-bond acceptors (Lipinski definition) is 4. The zero-order chi connectivity index (χ0) is 15.6. The van der Waals surface area contributed by atoms with Gasteiger partial charge in [0.15, 0.2) is 0 Å². The Balaban J connectivity index is 2.29. The van der Waals surface area contributed by atoms with E-state index in [1.54, 1.807) is 0 Å². The van der Waals surface area contributed by atoms with Crippen molar-refractivity contribution in [3.8, 4) is 0 Å². The Morgan fingerprint density at radius 3 is 2.81 bits per heavy atom. The van der Waals surface area contributed by atoms with Gasteiger partial charge in [0, 0.05) is 30.9 Å². The van der Waals surface area contributed by atoms with E-state index in [9.17, 15) is 12.8 Å². The Morgan fingerprint density at radius 1 is 1.48 bits per heavy atom. The highest BCUT2D eigenvalue weighted by Crippen LogP contribution is 2.26. The SMILES string of the molecule is CCOC1CCCN(S(=O)(=O)c2cc(N)c(C)c(F)c2)C1. The summed E-state index contributed by atoms with van der Waals surface area (Å²) >= 11 is 0. The lowest BCUT2D eigenvalue weighted by Gasteiger charge is -2.31. The first kappa shape index (κ1) is 16.2. The number of nitrogens with zero attached hydrogens (tertiary/aromatic N) is 1. The largest absolute Gasteiger partial charge is 0.398 e. The molecule has 1 fully saturated rings. The monoisotopic (exact) mass is 316 g/mol. The second-order valence-electron chi connectivity index (χ2n) is 5.20. The van der Waals surface area contributed by atoms with E-state index in [0.29, 0.717) is 19.7 Å². The molecule has 1 saturated heterocycles. The molecule has 1 atom stereocenters. The summed E-state index contributed by atoms with van der Waals surface area (Å²) in [6, 6.07) is 2.35. The molecule has 0 spiro atoms. The van der Waals surface area contributed by atoms with Crippen LogP contribution in [0.25, 0.3) is 0 Å². The second kappa shape index (κ2) is 6.29. The minimum atomic E-state index is -3.74. The predicted octanol–water partition coefficient (Wildman–Crippen LogP) is 1.91. The molecule has 5 nitrogen and oxygen atoms in total. The molecule has 21 heavy (non-hydrogen) atoms. The average Bonchev–Trinajstić information content (AvgIpc) is 2.45. The smallest absolute Gasteiger partial charge is 0.243 e. The molecular weight excluding hydrogens is 295 g/mol. The van der Waals surface area contributed by atoms with Crippen LogP contribution >= 0.6 is 0 Å². The lowest BCUT2D eigenvalue weighted by atomic mass is 10.1. The van der Waals surface area contributed by atoms with Crippen molar-refractivity contribution in [1.29, 1.82) is 0 Å². The molecule has 2 rings (SSSR count). The molecule has 1 aromatic carbocycles. The molecule has 0 amide bonds. The molecule has 1 aliphatic rings. The summed E-state index contributed by atoms with van der Waals surface area (Å²) in [5, 5.41) is 0. The van der Waals surface area contributed by atoms with Gasteiger partial charge in [-0.05, 0) is 38.8 Å². The van der Waals surface area contributed by atoms with Crippen LogP contribution in [0.4, 0.5) is 10.1 Å². The van der Waals surface area contributed by atoms with Gasteiger partial charge in [0.25, 0.3) is 0 Å². The van der Waals surface area contributed by atoms with Crippen LogP contribution < -0.4 is 5.73 Å². The van der Waals surface area contributed by atoms with Gasteiger partial charge in [-0.25, -0.2) is 12.8 Å². The summed E-state index contributed by atoms with van der Waals surface area (Å²) < 4.78 is 45.8. The maximum atomic E-state index is 13.7. The van der Waals surface area contributed by atoms with Gasteiger partial charge >= 0.3 is 0 Å². The fourth-order valence-electron chi connectivity index (χ4n) is 2.47. The fourth-order valence-corrected chi connectivity index (χ4v) is 4.03. The summed E-state index contributed by atoms with van der Waals surface area (Å²) in [6.07, 6.45) is 1.46. The van der Waals surface area contributed by atoms with E-state index in [-0.39, 0.29) is 22.3 Å². The molecule has 1 aromatic rings. The molecule has 118 valence electrons. The fraction of sp³-hybridized carbons (Fsp3) is 0.571. The molecule has 1 aliphatic heterocycles. The van der Waals surface area contributed by atoms with Crippen LogP contribution in [0.1, 0.15) is 25.3 Å². The van der Waals surface area contributed by atoms with Gasteiger partial charge in [-0.15, -0.1) is 0 Å². The Bertz CT molecular complexity index is 594. The number of benzene rings is 1. The zero-order valence-electron chi connectivity index (χ0n) is 12.3. The van der Waals surface area contributed by atoms with Crippen LogP contribution in [0, 0.1) is 12.7 Å². The van der Waals surface area contributed by atoms with Crippen molar-refractivity contribution in [2.45, 2.75) is 37.7 Å². The van der Waals surface area contributed by atoms with Gasteiger partial charge in [-0.2, -0.15) is 4.31 Å². The van der Waals surface area contributed by atoms with Crippen molar-refractivity contribution in [3.05, 3.63) is 23.5 Å². The minimum Gasteiger partial charge on any atom is -0.398 e. The summed E-state index contributed by atoms with van der Waals surface area (Å²) in [5.41, 5.74) is 6.08. The van der Waals surface area contributed by atoms with E-state index >= 15 is 0 Å². The average molecular weight is 316 g/mol. The first-order valence-electron chi connectivity index (χ1n) is 7.03. The van der Waals surface area contributed by atoms with Gasteiger partial charge in [0.1, 0.15) is 5.82 Å². The molecule has 0 saturated carbocycles. The maximum Gasteiger partial charge on any atom is 0.243 e. The first-order chi connectivity index (χ1) is 9.86. The number of hydrogen-bond donors (Lipinski definition) is 1. The van der Waals surface area contributed by atoms with Crippen molar-refractivity contribution in [2.75, 3.05) is 25.4 Å². The molecular formula is C14H21FN2O3S. The van der Waals surface area contributed by atoms with E-state index < -0.39 is 15.8 Å². The quantitative estimate of drug-likeness (QED) is 0.861. The molecule has 1 heterocycles. The third kappa shape index (κ3) is 3.36.